The third-order valence-electron chi connectivity index (χ3n) is 9.11. The maximum absolute atomic E-state index is 14.1. The molecular formula is C33H51N9O7. The summed E-state index contributed by atoms with van der Waals surface area (Å²) in [5.74, 6) is -4.05. The molecule has 16 nitrogen and oxygen atoms in total. The van der Waals surface area contributed by atoms with Crippen LogP contribution in [0.5, 0.6) is 0 Å². The normalized spacial score (nSPS) is 19.7. The number of aliphatic carboxylic acids is 1. The molecular weight excluding hydrogens is 634 g/mol. The van der Waals surface area contributed by atoms with E-state index in [0.29, 0.717) is 58.0 Å². The van der Waals surface area contributed by atoms with Crippen LogP contribution in [0.3, 0.4) is 0 Å². The lowest BCUT2D eigenvalue weighted by Crippen LogP contribution is -2.58. The lowest BCUT2D eigenvalue weighted by atomic mass is 9.98. The van der Waals surface area contributed by atoms with Gasteiger partial charge < -0.3 is 48.1 Å². The molecule has 0 unspecified atom stereocenters. The number of hydrogen-bond donors (Lipinski definition) is 7. The molecule has 10 N–H and O–H groups in total. The topological polar surface area (TPSA) is 256 Å². The Bertz CT molecular complexity index is 1350. The molecule has 3 rings (SSSR count). The number of likely N-dealkylation sites (tertiary alicyclic amines) is 2. The van der Waals surface area contributed by atoms with Crippen molar-refractivity contribution in [2.24, 2.45) is 28.1 Å². The standard InChI is InChI=1S/C33H51N9O7/c1-3-20(2)27(32(48)49)40-30(46)25-14-9-17-42(25)31(47)23(18-21-10-5-4-6-11-21)39-29(45)24-13-8-16-41(24)26(43)19-38-28(44)22(34)12-7-15-37-33(35)36/h4-6,10-11,20,22-25,27H,3,7-9,12-19,34H2,1-2H3,(H,38,44)(H,39,45)(H,40,46)(H,48,49)(H4,35,36,37)/t20-,22-,23-,24-,25-,27-/m0/s1. The van der Waals surface area contributed by atoms with E-state index in [1.165, 1.54) is 9.80 Å². The van der Waals surface area contributed by atoms with E-state index in [2.05, 4.69) is 20.9 Å². The van der Waals surface area contributed by atoms with Gasteiger partial charge in [-0.25, -0.2) is 4.79 Å². The number of rotatable bonds is 17. The molecule has 2 saturated heterocycles. The summed E-state index contributed by atoms with van der Waals surface area (Å²) in [7, 11) is 0. The van der Waals surface area contributed by atoms with Gasteiger partial charge >= 0.3 is 5.97 Å². The van der Waals surface area contributed by atoms with Crippen molar-refractivity contribution >= 4 is 41.5 Å². The molecule has 1 aromatic carbocycles. The molecule has 270 valence electrons. The Morgan fingerprint density at radius 3 is 2.18 bits per heavy atom. The minimum atomic E-state index is -1.15. The van der Waals surface area contributed by atoms with Crippen LogP contribution in [0.4, 0.5) is 0 Å². The van der Waals surface area contributed by atoms with Crippen molar-refractivity contribution < 1.29 is 33.9 Å². The second-order valence-corrected chi connectivity index (χ2v) is 12.7. The number of carboxylic acids is 1. The Morgan fingerprint density at radius 2 is 1.57 bits per heavy atom. The first-order valence-electron chi connectivity index (χ1n) is 16.9. The van der Waals surface area contributed by atoms with Gasteiger partial charge in [-0.3, -0.25) is 29.0 Å². The zero-order chi connectivity index (χ0) is 36.1. The van der Waals surface area contributed by atoms with Gasteiger partial charge in [-0.15, -0.1) is 0 Å². The monoisotopic (exact) mass is 685 g/mol. The van der Waals surface area contributed by atoms with Crippen molar-refractivity contribution in [2.75, 3.05) is 26.2 Å². The number of guanidine groups is 1. The van der Waals surface area contributed by atoms with Gasteiger partial charge in [0.05, 0.1) is 12.6 Å². The number of carbonyl (C=O) groups excluding carboxylic acids is 5. The number of nitrogens with zero attached hydrogens (tertiary/aromatic N) is 3. The number of carbonyl (C=O) groups is 6. The van der Waals surface area contributed by atoms with E-state index >= 15 is 0 Å². The highest BCUT2D eigenvalue weighted by molar-refractivity contribution is 5.96. The van der Waals surface area contributed by atoms with E-state index in [1.54, 1.807) is 6.92 Å². The molecule has 2 fully saturated rings. The zero-order valence-electron chi connectivity index (χ0n) is 28.3. The van der Waals surface area contributed by atoms with Gasteiger partial charge in [-0.05, 0) is 50.0 Å². The number of benzene rings is 1. The van der Waals surface area contributed by atoms with Crippen LogP contribution in [0.2, 0.25) is 0 Å². The first-order chi connectivity index (χ1) is 23.3. The minimum Gasteiger partial charge on any atom is -0.480 e. The van der Waals surface area contributed by atoms with Crippen molar-refractivity contribution in [2.45, 2.75) is 95.4 Å². The van der Waals surface area contributed by atoms with Gasteiger partial charge in [0.1, 0.15) is 24.2 Å². The summed E-state index contributed by atoms with van der Waals surface area (Å²) < 4.78 is 0. The molecule has 0 bridgehead atoms. The van der Waals surface area contributed by atoms with Gasteiger partial charge in [-0.1, -0.05) is 50.6 Å². The molecule has 5 amide bonds. The third kappa shape index (κ3) is 11.2. The Labute approximate surface area is 286 Å². The highest BCUT2D eigenvalue weighted by Crippen LogP contribution is 2.22. The smallest absolute Gasteiger partial charge is 0.326 e. The van der Waals surface area contributed by atoms with Crippen LogP contribution < -0.4 is 33.2 Å². The number of carboxylic acid groups (broad SMARTS) is 1. The average molecular weight is 686 g/mol. The summed E-state index contributed by atoms with van der Waals surface area (Å²) in [5, 5.41) is 17.7. The van der Waals surface area contributed by atoms with E-state index in [4.69, 9.17) is 17.2 Å². The molecule has 0 aromatic heterocycles. The van der Waals surface area contributed by atoms with Gasteiger partial charge in [0, 0.05) is 26.1 Å². The zero-order valence-corrected chi connectivity index (χ0v) is 28.3. The summed E-state index contributed by atoms with van der Waals surface area (Å²) in [6, 6.07) is 4.32. The number of amides is 5. The van der Waals surface area contributed by atoms with E-state index in [-0.39, 0.29) is 31.4 Å². The maximum Gasteiger partial charge on any atom is 0.326 e. The lowest BCUT2D eigenvalue weighted by Gasteiger charge is -2.31. The van der Waals surface area contributed by atoms with Gasteiger partial charge in [-0.2, -0.15) is 0 Å². The number of nitrogens with one attached hydrogen (secondary N) is 3. The Kier molecular flexibility index (Phi) is 14.8. The molecule has 0 spiro atoms. The molecule has 2 heterocycles. The number of aliphatic imine (C=N–C) groups is 1. The van der Waals surface area contributed by atoms with Crippen molar-refractivity contribution in [3.63, 3.8) is 0 Å². The summed E-state index contributed by atoms with van der Waals surface area (Å²) in [5.41, 5.74) is 17.3. The second-order valence-electron chi connectivity index (χ2n) is 12.7. The first kappa shape index (κ1) is 38.7. The van der Waals surface area contributed by atoms with E-state index in [1.807, 2.05) is 37.3 Å². The summed E-state index contributed by atoms with van der Waals surface area (Å²) in [4.78, 5) is 85.2. The van der Waals surface area contributed by atoms with Crippen LogP contribution in [0.15, 0.2) is 35.3 Å². The Hall–Kier alpha value is -4.73. The molecule has 16 heteroatoms. The van der Waals surface area contributed by atoms with Crippen LogP contribution in [0.1, 0.15) is 64.4 Å². The Balaban J connectivity index is 1.69. The fourth-order valence-corrected chi connectivity index (χ4v) is 6.14. The minimum absolute atomic E-state index is 0.0561. The van der Waals surface area contributed by atoms with Crippen LogP contribution in [-0.4, -0.2) is 113 Å². The van der Waals surface area contributed by atoms with E-state index in [0.717, 1.165) is 5.56 Å². The quantitative estimate of drug-likeness (QED) is 0.0586. The predicted molar refractivity (Wildman–Crippen MR) is 181 cm³/mol. The fourth-order valence-electron chi connectivity index (χ4n) is 6.14. The summed E-state index contributed by atoms with van der Waals surface area (Å²) in [6.45, 7) is 4.10. The average Bonchev–Trinajstić information content (AvgIpc) is 3.78. The third-order valence-corrected chi connectivity index (χ3v) is 9.11. The Morgan fingerprint density at radius 1 is 0.959 bits per heavy atom. The van der Waals surface area contributed by atoms with Crippen LogP contribution in [-0.2, 0) is 35.2 Å². The molecule has 1 aromatic rings. The highest BCUT2D eigenvalue weighted by atomic mass is 16.4. The molecule has 0 aliphatic carbocycles. The lowest BCUT2D eigenvalue weighted by molar-refractivity contribution is -0.146. The van der Waals surface area contributed by atoms with E-state index < -0.39 is 65.7 Å². The highest BCUT2D eigenvalue weighted by Gasteiger charge is 2.41. The molecule has 2 aliphatic heterocycles. The number of hydrogen-bond acceptors (Lipinski definition) is 8. The largest absolute Gasteiger partial charge is 0.480 e. The van der Waals surface area contributed by atoms with Crippen LogP contribution in [0, 0.1) is 5.92 Å². The van der Waals surface area contributed by atoms with E-state index in [9.17, 15) is 33.9 Å². The van der Waals surface area contributed by atoms with Crippen molar-refractivity contribution in [3.8, 4) is 0 Å². The summed E-state index contributed by atoms with van der Waals surface area (Å²) in [6.07, 6.45) is 3.26. The molecule has 0 saturated carbocycles. The van der Waals surface area contributed by atoms with Crippen molar-refractivity contribution in [1.29, 1.82) is 0 Å². The maximum atomic E-state index is 14.1. The SMILES string of the molecule is CC[C@H](C)[C@H](NC(=O)[C@@H]1CCCN1C(=O)[C@H](Cc1ccccc1)NC(=O)[C@@H]1CCCN1C(=O)CNC(=O)[C@@H](N)CCCN=C(N)N)C(=O)O. The van der Waals surface area contributed by atoms with Gasteiger partial charge in [0.15, 0.2) is 5.96 Å². The van der Waals surface area contributed by atoms with Crippen LogP contribution in [0.25, 0.3) is 0 Å². The molecule has 0 radical (unpaired) electrons. The summed E-state index contributed by atoms with van der Waals surface area (Å²) >= 11 is 0. The molecule has 6 atom stereocenters. The molecule has 49 heavy (non-hydrogen) atoms. The second kappa shape index (κ2) is 18.7. The molecule has 2 aliphatic rings. The van der Waals surface area contributed by atoms with Crippen LogP contribution >= 0.6 is 0 Å². The van der Waals surface area contributed by atoms with Crippen molar-refractivity contribution in [1.82, 2.24) is 25.8 Å². The fraction of sp³-hybridized carbons (Fsp3) is 0.606. The van der Waals surface area contributed by atoms with Gasteiger partial charge in [0.2, 0.25) is 29.5 Å². The first-order valence-corrected chi connectivity index (χ1v) is 16.9. The van der Waals surface area contributed by atoms with Gasteiger partial charge in [0.25, 0.3) is 0 Å². The number of nitrogens with two attached hydrogens (primary N) is 3. The van der Waals surface area contributed by atoms with Crippen molar-refractivity contribution in [3.05, 3.63) is 35.9 Å². The predicted octanol–water partition coefficient (Wildman–Crippen LogP) is -1.19.